The van der Waals surface area contributed by atoms with Crippen molar-refractivity contribution in [2.45, 2.75) is 0 Å². The molecule has 5 nitrogen and oxygen atoms in total. The minimum absolute atomic E-state index is 0.164. The van der Waals surface area contributed by atoms with Gasteiger partial charge in [-0.3, -0.25) is 4.99 Å². The van der Waals surface area contributed by atoms with Crippen molar-refractivity contribution < 1.29 is 9.90 Å². The van der Waals surface area contributed by atoms with E-state index in [0.29, 0.717) is 5.69 Å². The van der Waals surface area contributed by atoms with Crippen molar-refractivity contribution in [1.82, 2.24) is 9.78 Å². The lowest BCUT2D eigenvalue weighted by Crippen LogP contribution is -1.97. The lowest BCUT2D eigenvalue weighted by Gasteiger charge is -2.04. The molecule has 32 heavy (non-hydrogen) atoms. The molecular formula is C27H19N3O2. The highest BCUT2D eigenvalue weighted by Gasteiger charge is 2.13. The molecule has 0 aliphatic heterocycles. The standard InChI is InChI=1S/C27H19N3O2/c31-27(32)24-15-20-11-7-8-12-21(20)16-25(24)28-17-22-18-30(23-13-5-2-6-14-23)29-26(22)19-9-3-1-4-10-19/h1-18H,(H,31,32). The molecular weight excluding hydrogens is 398 g/mol. The molecule has 0 unspecified atom stereocenters. The summed E-state index contributed by atoms with van der Waals surface area (Å²) in [6, 6.07) is 30.8. The van der Waals surface area contributed by atoms with E-state index in [9.17, 15) is 9.90 Å². The molecule has 4 aromatic carbocycles. The van der Waals surface area contributed by atoms with Crippen molar-refractivity contribution in [2.24, 2.45) is 4.99 Å². The Morgan fingerprint density at radius 2 is 1.47 bits per heavy atom. The molecule has 5 heteroatoms. The molecule has 1 aromatic heterocycles. The number of hydrogen-bond donors (Lipinski definition) is 1. The summed E-state index contributed by atoms with van der Waals surface area (Å²) in [6.45, 7) is 0. The first kappa shape index (κ1) is 19.5. The van der Waals surface area contributed by atoms with Crippen LogP contribution < -0.4 is 0 Å². The van der Waals surface area contributed by atoms with E-state index in [-0.39, 0.29) is 5.56 Å². The molecule has 1 heterocycles. The molecule has 0 atom stereocenters. The van der Waals surface area contributed by atoms with Crippen LogP contribution in [0.4, 0.5) is 5.69 Å². The van der Waals surface area contributed by atoms with E-state index in [1.165, 1.54) is 0 Å². The normalized spacial score (nSPS) is 11.2. The Hall–Kier alpha value is -4.51. The summed E-state index contributed by atoms with van der Waals surface area (Å²) in [5.74, 6) is -1.01. The summed E-state index contributed by atoms with van der Waals surface area (Å²) in [7, 11) is 0. The molecule has 5 rings (SSSR count). The topological polar surface area (TPSA) is 67.5 Å². The number of aromatic carboxylic acids is 1. The van der Waals surface area contributed by atoms with Gasteiger partial charge in [-0.1, -0.05) is 72.8 Å². The number of hydrogen-bond acceptors (Lipinski definition) is 3. The number of rotatable bonds is 5. The first-order valence-corrected chi connectivity index (χ1v) is 10.2. The monoisotopic (exact) mass is 417 g/mol. The van der Waals surface area contributed by atoms with Crippen molar-refractivity contribution in [3.05, 3.63) is 114 Å². The number of carboxylic acid groups (broad SMARTS) is 1. The number of para-hydroxylation sites is 1. The predicted molar refractivity (Wildman–Crippen MR) is 127 cm³/mol. The van der Waals surface area contributed by atoms with Gasteiger partial charge in [0.05, 0.1) is 16.9 Å². The third-order valence-corrected chi connectivity index (χ3v) is 5.25. The van der Waals surface area contributed by atoms with Gasteiger partial charge >= 0.3 is 5.97 Å². The van der Waals surface area contributed by atoms with E-state index in [0.717, 1.165) is 33.3 Å². The van der Waals surface area contributed by atoms with Crippen LogP contribution >= 0.6 is 0 Å². The van der Waals surface area contributed by atoms with Gasteiger partial charge in [0.1, 0.15) is 5.69 Å². The molecule has 0 aliphatic rings. The number of aromatic nitrogens is 2. The second-order valence-corrected chi connectivity index (χ2v) is 7.36. The largest absolute Gasteiger partial charge is 0.478 e. The molecule has 0 spiro atoms. The van der Waals surface area contributed by atoms with E-state index in [4.69, 9.17) is 5.10 Å². The maximum absolute atomic E-state index is 11.9. The Labute approximate surface area is 184 Å². The number of nitrogens with zero attached hydrogens (tertiary/aromatic N) is 3. The molecule has 0 fully saturated rings. The van der Waals surface area contributed by atoms with Crippen LogP contribution in [0.25, 0.3) is 27.7 Å². The lowest BCUT2D eigenvalue weighted by atomic mass is 10.0. The smallest absolute Gasteiger partial charge is 0.337 e. The maximum Gasteiger partial charge on any atom is 0.337 e. The predicted octanol–water partition coefficient (Wildman–Crippen LogP) is 6.14. The van der Waals surface area contributed by atoms with E-state index >= 15 is 0 Å². The van der Waals surface area contributed by atoms with E-state index in [1.807, 2.05) is 95.8 Å². The average molecular weight is 417 g/mol. The number of carbonyl (C=O) groups is 1. The maximum atomic E-state index is 11.9. The number of fused-ring (bicyclic) bond motifs is 1. The molecule has 0 saturated heterocycles. The highest BCUT2D eigenvalue weighted by molar-refractivity contribution is 6.01. The fraction of sp³-hybridized carbons (Fsp3) is 0. The molecule has 0 aliphatic carbocycles. The van der Waals surface area contributed by atoms with Gasteiger partial charge in [-0.05, 0) is 35.0 Å². The molecule has 0 radical (unpaired) electrons. The third-order valence-electron chi connectivity index (χ3n) is 5.25. The lowest BCUT2D eigenvalue weighted by molar-refractivity contribution is 0.0698. The molecule has 0 bridgehead atoms. The Kier molecular flexibility index (Phi) is 5.06. The van der Waals surface area contributed by atoms with Crippen LogP contribution in [0.3, 0.4) is 0 Å². The van der Waals surface area contributed by atoms with Crippen molar-refractivity contribution in [3.63, 3.8) is 0 Å². The van der Waals surface area contributed by atoms with Crippen LogP contribution in [-0.2, 0) is 0 Å². The van der Waals surface area contributed by atoms with Crippen LogP contribution in [0, 0.1) is 0 Å². The Morgan fingerprint density at radius 1 is 0.844 bits per heavy atom. The average Bonchev–Trinajstić information content (AvgIpc) is 3.27. The van der Waals surface area contributed by atoms with E-state index in [1.54, 1.807) is 18.3 Å². The van der Waals surface area contributed by atoms with Gasteiger partial charge in [0.15, 0.2) is 0 Å². The summed E-state index contributed by atoms with van der Waals surface area (Å²) < 4.78 is 1.81. The Bertz CT molecular complexity index is 1440. The van der Waals surface area contributed by atoms with Gasteiger partial charge in [0.25, 0.3) is 0 Å². The zero-order valence-corrected chi connectivity index (χ0v) is 17.1. The van der Waals surface area contributed by atoms with Gasteiger partial charge in [-0.2, -0.15) is 5.10 Å². The van der Waals surface area contributed by atoms with Crippen LogP contribution in [0.5, 0.6) is 0 Å². The quantitative estimate of drug-likeness (QED) is 0.349. The molecule has 0 saturated carbocycles. The van der Waals surface area contributed by atoms with Crippen LogP contribution in [0.15, 0.2) is 108 Å². The van der Waals surface area contributed by atoms with Crippen molar-refractivity contribution in [2.75, 3.05) is 0 Å². The summed E-state index contributed by atoms with van der Waals surface area (Å²) in [5, 5.41) is 16.3. The molecule has 0 amide bonds. The SMILES string of the molecule is O=C(O)c1cc2ccccc2cc1N=Cc1cn(-c2ccccc2)nc1-c1ccccc1. The van der Waals surface area contributed by atoms with Crippen LogP contribution in [-0.4, -0.2) is 27.1 Å². The van der Waals surface area contributed by atoms with Crippen LogP contribution in [0.1, 0.15) is 15.9 Å². The molecule has 154 valence electrons. The van der Waals surface area contributed by atoms with Crippen molar-refractivity contribution in [3.8, 4) is 16.9 Å². The van der Waals surface area contributed by atoms with Crippen LogP contribution in [0.2, 0.25) is 0 Å². The summed E-state index contributed by atoms with van der Waals surface area (Å²) >= 11 is 0. The second kappa shape index (κ2) is 8.32. The zero-order chi connectivity index (χ0) is 21.9. The highest BCUT2D eigenvalue weighted by atomic mass is 16.4. The van der Waals surface area contributed by atoms with Crippen molar-refractivity contribution in [1.29, 1.82) is 0 Å². The van der Waals surface area contributed by atoms with Gasteiger partial charge in [-0.15, -0.1) is 0 Å². The van der Waals surface area contributed by atoms with Gasteiger partial charge in [0.2, 0.25) is 0 Å². The minimum atomic E-state index is -1.01. The first-order chi connectivity index (χ1) is 15.7. The number of aliphatic imine (C=N–C) groups is 1. The Balaban J connectivity index is 1.63. The summed E-state index contributed by atoms with van der Waals surface area (Å²) in [5.41, 5.74) is 4.03. The number of benzene rings is 4. The second-order valence-electron chi connectivity index (χ2n) is 7.36. The van der Waals surface area contributed by atoms with Gasteiger partial charge in [-0.25, -0.2) is 9.48 Å². The van der Waals surface area contributed by atoms with Gasteiger partial charge in [0, 0.05) is 23.5 Å². The van der Waals surface area contributed by atoms with E-state index in [2.05, 4.69) is 4.99 Å². The number of carboxylic acids is 1. The van der Waals surface area contributed by atoms with Gasteiger partial charge < -0.3 is 5.11 Å². The third kappa shape index (κ3) is 3.79. The molecule has 5 aromatic rings. The highest BCUT2D eigenvalue weighted by Crippen LogP contribution is 2.28. The minimum Gasteiger partial charge on any atom is -0.478 e. The summed E-state index contributed by atoms with van der Waals surface area (Å²) in [4.78, 5) is 16.4. The fourth-order valence-electron chi connectivity index (χ4n) is 3.66. The summed E-state index contributed by atoms with van der Waals surface area (Å²) in [6.07, 6.45) is 3.59. The van der Waals surface area contributed by atoms with E-state index < -0.39 is 5.97 Å². The molecule has 1 N–H and O–H groups in total. The fourth-order valence-corrected chi connectivity index (χ4v) is 3.66. The van der Waals surface area contributed by atoms with Crippen molar-refractivity contribution >= 4 is 28.6 Å². The zero-order valence-electron chi connectivity index (χ0n) is 17.1. The first-order valence-electron chi connectivity index (χ1n) is 10.2. The Morgan fingerprint density at radius 3 is 2.16 bits per heavy atom.